The lowest BCUT2D eigenvalue weighted by Crippen LogP contribution is -2.07. The fraction of sp³-hybridized carbons (Fsp3) is 0.286. The highest BCUT2D eigenvalue weighted by molar-refractivity contribution is 6.77. The molecule has 0 atom stereocenters. The molecule has 0 amide bonds. The van der Waals surface area contributed by atoms with Crippen LogP contribution in [0.5, 0.6) is 0 Å². The van der Waals surface area contributed by atoms with E-state index in [4.69, 9.17) is 0 Å². The second-order valence-electron chi connectivity index (χ2n) is 2.03. The second-order valence-corrected chi connectivity index (χ2v) is 3.75. The summed E-state index contributed by atoms with van der Waals surface area (Å²) in [6.45, 7) is 8.87. The topological polar surface area (TPSA) is 17.1 Å². The number of hydrogen-bond acceptors (Lipinski definition) is 1. The molecular weight excluding hydrogens is 128 g/mol. The lowest BCUT2D eigenvalue weighted by molar-refractivity contribution is -0.108. The van der Waals surface area contributed by atoms with Gasteiger partial charge in [0.15, 0.2) is 0 Å². The van der Waals surface area contributed by atoms with Gasteiger partial charge in [-0.15, -0.1) is 6.58 Å². The highest BCUT2D eigenvalue weighted by atomic mass is 28.2. The third-order valence-corrected chi connectivity index (χ3v) is 2.81. The molecule has 0 aromatic heterocycles. The monoisotopic (exact) mass is 140 g/mol. The summed E-state index contributed by atoms with van der Waals surface area (Å²) in [5, 5.41) is 0.273. The van der Waals surface area contributed by atoms with Crippen LogP contribution in [-0.4, -0.2) is 14.9 Å². The molecule has 0 heterocycles. The molecule has 0 radical (unpaired) electrons. The number of carbonyl (C=O) groups is 1. The molecular formula is C7H12OSi. The third-order valence-electron chi connectivity index (χ3n) is 1.05. The summed E-state index contributed by atoms with van der Waals surface area (Å²) < 4.78 is 0. The Balaban J connectivity index is 3.51. The highest BCUT2D eigenvalue weighted by Crippen LogP contribution is 1.90. The zero-order valence-corrected chi connectivity index (χ0v) is 7.23. The Kier molecular flexibility index (Phi) is 3.97. The van der Waals surface area contributed by atoms with Gasteiger partial charge in [0.2, 0.25) is 0 Å². The van der Waals surface area contributed by atoms with Crippen LogP contribution in [0, 0.1) is 0 Å². The molecule has 0 spiro atoms. The van der Waals surface area contributed by atoms with Gasteiger partial charge in [0.25, 0.3) is 0 Å². The van der Waals surface area contributed by atoms with Crippen LogP contribution in [0.25, 0.3) is 0 Å². The van der Waals surface area contributed by atoms with Gasteiger partial charge in [-0.3, -0.25) is 0 Å². The van der Waals surface area contributed by atoms with E-state index in [0.29, 0.717) is 5.57 Å². The molecule has 0 aromatic rings. The zero-order chi connectivity index (χ0) is 7.28. The van der Waals surface area contributed by atoms with Crippen LogP contribution in [0.2, 0.25) is 6.04 Å². The van der Waals surface area contributed by atoms with Crippen LogP contribution < -0.4 is 0 Å². The van der Waals surface area contributed by atoms with Crippen molar-refractivity contribution in [2.75, 3.05) is 0 Å². The summed E-state index contributed by atoms with van der Waals surface area (Å²) in [6, 6.07) is 0.895. The fourth-order valence-electron chi connectivity index (χ4n) is 0.447. The summed E-state index contributed by atoms with van der Waals surface area (Å²) in [6.07, 6.45) is 1.80. The van der Waals surface area contributed by atoms with Gasteiger partial charge in [-0.05, 0) is 18.5 Å². The summed E-state index contributed by atoms with van der Waals surface area (Å²) in [7, 11) is -0.568. The van der Waals surface area contributed by atoms with E-state index < -0.39 is 9.52 Å². The van der Waals surface area contributed by atoms with Crippen molar-refractivity contribution >= 4 is 14.9 Å². The Morgan fingerprint density at radius 2 is 2.33 bits per heavy atom. The molecule has 2 heteroatoms. The molecule has 0 aromatic carbocycles. The fourth-order valence-corrected chi connectivity index (χ4v) is 1.34. The SMILES string of the molecule is C=CC[SiH2]C(=O)C(=C)C. The Labute approximate surface area is 58.3 Å². The zero-order valence-electron chi connectivity index (χ0n) is 5.81. The average molecular weight is 140 g/mol. The molecule has 0 bridgehead atoms. The van der Waals surface area contributed by atoms with E-state index in [1.807, 2.05) is 0 Å². The van der Waals surface area contributed by atoms with Gasteiger partial charge in [0.05, 0.1) is 0 Å². The van der Waals surface area contributed by atoms with Crippen molar-refractivity contribution in [2.24, 2.45) is 0 Å². The second kappa shape index (κ2) is 4.27. The average Bonchev–Trinajstić information content (AvgIpc) is 1.82. The van der Waals surface area contributed by atoms with Gasteiger partial charge in [-0.25, -0.2) is 0 Å². The minimum Gasteiger partial charge on any atom is -0.301 e. The van der Waals surface area contributed by atoms with Crippen molar-refractivity contribution in [1.29, 1.82) is 0 Å². The van der Waals surface area contributed by atoms with Crippen molar-refractivity contribution in [3.63, 3.8) is 0 Å². The van der Waals surface area contributed by atoms with E-state index in [2.05, 4.69) is 13.2 Å². The lowest BCUT2D eigenvalue weighted by atomic mass is 10.4. The molecule has 9 heavy (non-hydrogen) atoms. The molecule has 50 valence electrons. The van der Waals surface area contributed by atoms with Gasteiger partial charge in [-0.1, -0.05) is 12.7 Å². The largest absolute Gasteiger partial charge is 0.301 e. The van der Waals surface area contributed by atoms with Gasteiger partial charge in [0.1, 0.15) is 14.9 Å². The Morgan fingerprint density at radius 1 is 1.78 bits per heavy atom. The van der Waals surface area contributed by atoms with Crippen LogP contribution in [0.3, 0.4) is 0 Å². The van der Waals surface area contributed by atoms with E-state index >= 15 is 0 Å². The number of rotatable bonds is 4. The van der Waals surface area contributed by atoms with Crippen LogP contribution in [0.1, 0.15) is 6.92 Å². The van der Waals surface area contributed by atoms with E-state index in [-0.39, 0.29) is 5.41 Å². The molecule has 0 aliphatic heterocycles. The summed E-state index contributed by atoms with van der Waals surface area (Å²) >= 11 is 0. The Bertz CT molecular complexity index is 138. The minimum absolute atomic E-state index is 0.273. The third kappa shape index (κ3) is 3.91. The predicted octanol–water partition coefficient (Wildman–Crippen LogP) is 0.862. The normalized spacial score (nSPS) is 9.89. The molecule has 0 aliphatic rings. The molecule has 0 saturated carbocycles. The summed E-state index contributed by atoms with van der Waals surface area (Å²) in [5.41, 5.74) is 0.698. The lowest BCUT2D eigenvalue weighted by Gasteiger charge is -1.92. The first-order valence-electron chi connectivity index (χ1n) is 2.98. The minimum atomic E-state index is -0.568. The van der Waals surface area contributed by atoms with Crippen molar-refractivity contribution in [3.8, 4) is 0 Å². The quantitative estimate of drug-likeness (QED) is 0.321. The first kappa shape index (κ1) is 8.37. The van der Waals surface area contributed by atoms with Crippen LogP contribution >= 0.6 is 0 Å². The van der Waals surface area contributed by atoms with Gasteiger partial charge in [-0.2, -0.15) is 0 Å². The number of allylic oxidation sites excluding steroid dienone is 2. The molecule has 0 saturated heterocycles. The first-order valence-corrected chi connectivity index (χ1v) is 4.68. The van der Waals surface area contributed by atoms with Crippen molar-refractivity contribution < 1.29 is 4.79 Å². The number of hydrogen-bond donors (Lipinski definition) is 0. The van der Waals surface area contributed by atoms with Crippen LogP contribution in [0.15, 0.2) is 24.8 Å². The summed E-state index contributed by atoms with van der Waals surface area (Å²) in [4.78, 5) is 10.8. The summed E-state index contributed by atoms with van der Waals surface area (Å²) in [5.74, 6) is 0. The maximum atomic E-state index is 10.8. The molecule has 0 fully saturated rings. The van der Waals surface area contributed by atoms with E-state index in [0.717, 1.165) is 6.04 Å². The molecule has 0 aliphatic carbocycles. The highest BCUT2D eigenvalue weighted by Gasteiger charge is 1.98. The van der Waals surface area contributed by atoms with Crippen molar-refractivity contribution in [1.82, 2.24) is 0 Å². The smallest absolute Gasteiger partial charge is 0.128 e. The van der Waals surface area contributed by atoms with Gasteiger partial charge >= 0.3 is 0 Å². The number of carbonyl (C=O) groups excluding carboxylic acids is 1. The molecule has 0 unspecified atom stereocenters. The molecule has 0 rings (SSSR count). The maximum absolute atomic E-state index is 10.8. The van der Waals surface area contributed by atoms with Crippen molar-refractivity contribution in [2.45, 2.75) is 13.0 Å². The molecule has 0 N–H and O–H groups in total. The standard InChI is InChI=1S/C7H12OSi/c1-4-5-9-7(8)6(2)3/h4H,1-2,5,9H2,3H3. The van der Waals surface area contributed by atoms with E-state index in [1.165, 1.54) is 0 Å². The molecule has 1 nitrogen and oxygen atoms in total. The van der Waals surface area contributed by atoms with E-state index in [9.17, 15) is 4.79 Å². The van der Waals surface area contributed by atoms with Crippen LogP contribution in [-0.2, 0) is 4.79 Å². The Morgan fingerprint density at radius 3 is 2.67 bits per heavy atom. The van der Waals surface area contributed by atoms with Crippen LogP contribution in [0.4, 0.5) is 0 Å². The first-order chi connectivity index (χ1) is 4.18. The van der Waals surface area contributed by atoms with Crippen molar-refractivity contribution in [3.05, 3.63) is 24.8 Å². The maximum Gasteiger partial charge on any atom is 0.128 e. The predicted molar refractivity (Wildman–Crippen MR) is 43.4 cm³/mol. The Hall–Kier alpha value is -0.633. The van der Waals surface area contributed by atoms with Gasteiger partial charge < -0.3 is 4.79 Å². The van der Waals surface area contributed by atoms with E-state index in [1.54, 1.807) is 13.0 Å². The van der Waals surface area contributed by atoms with Gasteiger partial charge in [0, 0.05) is 0 Å².